The van der Waals surface area contributed by atoms with Gasteiger partial charge in [-0.25, -0.2) is 18.7 Å². The second-order valence-electron chi connectivity index (χ2n) is 14.6. The van der Waals surface area contributed by atoms with Gasteiger partial charge in [0.25, 0.3) is 0 Å². The van der Waals surface area contributed by atoms with Crippen LogP contribution in [0, 0.1) is 11.6 Å². The molecule has 6 N–H and O–H groups in total. The summed E-state index contributed by atoms with van der Waals surface area (Å²) in [7, 11) is 0. The van der Waals surface area contributed by atoms with Gasteiger partial charge < -0.3 is 41.3 Å². The van der Waals surface area contributed by atoms with Gasteiger partial charge in [0.1, 0.15) is 46.5 Å². The molecule has 0 aliphatic carbocycles. The highest BCUT2D eigenvalue weighted by atomic mass is 35.5. The van der Waals surface area contributed by atoms with Crippen LogP contribution in [0.25, 0.3) is 0 Å². The number of anilines is 8. The molecular formula is C42H49ClF2N14O2. The maximum Gasteiger partial charge on any atom is 0.227 e. The van der Waals surface area contributed by atoms with Crippen molar-refractivity contribution >= 4 is 59.2 Å². The molecule has 2 aromatic carbocycles. The van der Waals surface area contributed by atoms with E-state index in [4.69, 9.17) is 0 Å². The van der Waals surface area contributed by atoms with Crippen LogP contribution in [-0.4, -0.2) is 88.5 Å². The zero-order valence-corrected chi connectivity index (χ0v) is 34.6. The Kier molecular flexibility index (Phi) is 15.4. The van der Waals surface area contributed by atoms with E-state index in [0.29, 0.717) is 60.9 Å². The molecule has 0 bridgehead atoms. The van der Waals surface area contributed by atoms with Crippen LogP contribution in [0.3, 0.4) is 0 Å². The number of piperidine rings is 2. The fourth-order valence-electron chi connectivity index (χ4n) is 6.69. The Balaban J connectivity index is 0.000000201. The van der Waals surface area contributed by atoms with Crippen LogP contribution in [-0.2, 0) is 0 Å². The first-order valence-electron chi connectivity index (χ1n) is 19.9. The molecule has 2 saturated heterocycles. The molecule has 2 fully saturated rings. The number of nitrogens with zero attached hydrogens (tertiary/aromatic N) is 10. The highest BCUT2D eigenvalue weighted by Gasteiger charge is 2.22. The van der Waals surface area contributed by atoms with E-state index in [1.54, 1.807) is 61.4 Å². The molecule has 8 rings (SSSR count). The average Bonchev–Trinajstić information content (AvgIpc) is 3.25. The number of halogens is 3. The second-order valence-corrected chi connectivity index (χ2v) is 14.6. The molecule has 61 heavy (non-hydrogen) atoms. The molecule has 2 aliphatic heterocycles. The highest BCUT2D eigenvalue weighted by molar-refractivity contribution is 5.85. The summed E-state index contributed by atoms with van der Waals surface area (Å²) in [6, 6.07) is 16.2. The van der Waals surface area contributed by atoms with E-state index in [9.17, 15) is 19.0 Å². The number of aliphatic hydroxyl groups is 2. The zero-order valence-electron chi connectivity index (χ0n) is 33.7. The third-order valence-corrected chi connectivity index (χ3v) is 10.1. The Hall–Kier alpha value is -6.37. The summed E-state index contributed by atoms with van der Waals surface area (Å²) in [6.45, 7) is 6.81. The van der Waals surface area contributed by atoms with E-state index in [2.05, 4.69) is 70.9 Å². The lowest BCUT2D eigenvalue weighted by atomic mass is 10.1. The standard InChI is InChI=1S/2C21H24FN7O.ClH/c2*1-14(15-2-4-16(22)5-3-15)25-21-27-18(26-19-13-23-8-9-24-19)12-20(28-21)29-10-6-17(30)7-11-29;/h2*2-5,8-9,12-14,17,30H,6-7,10-11H2,1H3,(H2,24,25,26,27,28);1H/t2*14-;/m00./s1. The number of rotatable bonds is 12. The van der Waals surface area contributed by atoms with Gasteiger partial charge in [-0.2, -0.15) is 19.9 Å². The Bertz CT molecular complexity index is 2090. The van der Waals surface area contributed by atoms with Crippen molar-refractivity contribution < 1.29 is 19.0 Å². The number of benzene rings is 2. The lowest BCUT2D eigenvalue weighted by Crippen LogP contribution is -2.36. The predicted octanol–water partition coefficient (Wildman–Crippen LogP) is 6.99. The summed E-state index contributed by atoms with van der Waals surface area (Å²) in [4.78, 5) is 39.4. The predicted molar refractivity (Wildman–Crippen MR) is 234 cm³/mol. The molecule has 0 radical (unpaired) electrons. The monoisotopic (exact) mass is 854 g/mol. The molecule has 0 unspecified atom stereocenters. The van der Waals surface area contributed by atoms with Crippen LogP contribution < -0.4 is 31.1 Å². The van der Waals surface area contributed by atoms with Gasteiger partial charge in [-0.05, 0) is 74.9 Å². The molecule has 2 aliphatic rings. The first kappa shape index (κ1) is 44.2. The van der Waals surface area contributed by atoms with Crippen LogP contribution in [0.5, 0.6) is 0 Å². The van der Waals surface area contributed by atoms with Crippen LogP contribution in [0.15, 0.2) is 97.8 Å². The smallest absolute Gasteiger partial charge is 0.227 e. The molecule has 0 spiro atoms. The SMILES string of the molecule is C[C@H](Nc1nc(Nc2cnccn2)cc(N2CCC(O)CC2)n1)c1ccc(F)cc1.C[C@H](Nc1nc(Nc2cnccn2)cc(N2CCC(O)CC2)n1)c1ccc(F)cc1.Cl. The van der Waals surface area contributed by atoms with Crippen molar-refractivity contribution in [1.82, 2.24) is 39.9 Å². The summed E-state index contributed by atoms with van der Waals surface area (Å²) < 4.78 is 26.5. The summed E-state index contributed by atoms with van der Waals surface area (Å²) >= 11 is 0. The number of hydrogen-bond acceptors (Lipinski definition) is 16. The zero-order chi connectivity index (χ0) is 41.8. The van der Waals surface area contributed by atoms with Crippen molar-refractivity contribution in [2.75, 3.05) is 57.2 Å². The van der Waals surface area contributed by atoms with E-state index in [1.165, 1.54) is 24.3 Å². The maximum absolute atomic E-state index is 13.2. The number of aliphatic hydroxyl groups excluding tert-OH is 2. The first-order valence-corrected chi connectivity index (χ1v) is 19.9. The van der Waals surface area contributed by atoms with Crippen molar-refractivity contribution in [2.45, 2.75) is 63.8 Å². The van der Waals surface area contributed by atoms with Crippen LogP contribution in [0.2, 0.25) is 0 Å². The van der Waals surface area contributed by atoms with Crippen molar-refractivity contribution in [3.63, 3.8) is 0 Å². The van der Waals surface area contributed by atoms with Crippen molar-refractivity contribution in [3.8, 4) is 0 Å². The van der Waals surface area contributed by atoms with E-state index < -0.39 is 0 Å². The van der Waals surface area contributed by atoms with Crippen LogP contribution >= 0.6 is 12.4 Å². The number of nitrogens with one attached hydrogen (secondary N) is 4. The average molecular weight is 855 g/mol. The van der Waals surface area contributed by atoms with Gasteiger partial charge in [0.15, 0.2) is 0 Å². The molecule has 4 aromatic heterocycles. The highest BCUT2D eigenvalue weighted by Crippen LogP contribution is 2.28. The Morgan fingerprint density at radius 2 is 0.934 bits per heavy atom. The second kappa shape index (κ2) is 21.2. The molecule has 0 saturated carbocycles. The van der Waals surface area contributed by atoms with Crippen molar-refractivity contribution in [2.24, 2.45) is 0 Å². The quantitative estimate of drug-likeness (QED) is 0.0736. The summed E-state index contributed by atoms with van der Waals surface area (Å²) in [5.74, 6) is 4.19. The number of hydrogen-bond donors (Lipinski definition) is 6. The van der Waals surface area contributed by atoms with E-state index in [0.717, 1.165) is 48.9 Å². The van der Waals surface area contributed by atoms with Gasteiger partial charge in [-0.1, -0.05) is 24.3 Å². The van der Waals surface area contributed by atoms with Gasteiger partial charge in [-0.15, -0.1) is 12.4 Å². The Morgan fingerprint density at radius 1 is 0.557 bits per heavy atom. The fourth-order valence-corrected chi connectivity index (χ4v) is 6.69. The molecular weight excluding hydrogens is 806 g/mol. The van der Waals surface area contributed by atoms with Gasteiger partial charge in [0.2, 0.25) is 11.9 Å². The maximum atomic E-state index is 13.2. The topological polar surface area (TPSA) is 198 Å². The van der Waals surface area contributed by atoms with Gasteiger partial charge >= 0.3 is 0 Å². The van der Waals surface area contributed by atoms with Gasteiger partial charge in [-0.3, -0.25) is 9.97 Å². The fraction of sp³-hybridized carbons (Fsp3) is 0.333. The summed E-state index contributed by atoms with van der Waals surface area (Å²) in [5, 5.41) is 32.5. The minimum Gasteiger partial charge on any atom is -0.393 e. The van der Waals surface area contributed by atoms with Crippen molar-refractivity contribution in [1.29, 1.82) is 0 Å². The lowest BCUT2D eigenvalue weighted by molar-refractivity contribution is 0.145. The molecule has 6 aromatic rings. The van der Waals surface area contributed by atoms with E-state index in [-0.39, 0.29) is 48.3 Å². The van der Waals surface area contributed by atoms with E-state index >= 15 is 0 Å². The normalized spacial score (nSPS) is 15.4. The third-order valence-electron chi connectivity index (χ3n) is 10.1. The van der Waals surface area contributed by atoms with Gasteiger partial charge in [0.05, 0.1) is 36.7 Å². The third kappa shape index (κ3) is 12.8. The molecule has 2 atom stereocenters. The minimum atomic E-state index is -0.271. The van der Waals surface area contributed by atoms with Crippen LogP contribution in [0.1, 0.15) is 62.7 Å². The van der Waals surface area contributed by atoms with Gasteiger partial charge in [0, 0.05) is 63.1 Å². The molecule has 6 heterocycles. The summed E-state index contributed by atoms with van der Waals surface area (Å²) in [6.07, 6.45) is 11.9. The van der Waals surface area contributed by atoms with Crippen molar-refractivity contribution in [3.05, 3.63) is 121 Å². The first-order chi connectivity index (χ1) is 29.1. The summed E-state index contributed by atoms with van der Waals surface area (Å²) in [5.41, 5.74) is 1.85. The molecule has 0 amide bonds. The number of aromatic nitrogens is 8. The Morgan fingerprint density at radius 3 is 1.28 bits per heavy atom. The molecule has 19 heteroatoms. The largest absolute Gasteiger partial charge is 0.393 e. The Labute approximate surface area is 358 Å². The van der Waals surface area contributed by atoms with E-state index in [1.807, 2.05) is 26.0 Å². The molecule has 320 valence electrons. The molecule has 16 nitrogen and oxygen atoms in total. The minimum absolute atomic E-state index is 0. The lowest BCUT2D eigenvalue weighted by Gasteiger charge is -2.31. The van der Waals surface area contributed by atoms with Crippen LogP contribution in [0.4, 0.5) is 55.6 Å².